The van der Waals surface area contributed by atoms with E-state index in [9.17, 15) is 0 Å². The van der Waals surface area contributed by atoms with Crippen LogP contribution in [0.1, 0.15) is 62.5 Å². The zero-order valence-electron chi connectivity index (χ0n) is 9.79. The van der Waals surface area contributed by atoms with Crippen molar-refractivity contribution in [2.45, 2.75) is 58.3 Å². The first-order valence-corrected chi connectivity index (χ1v) is 6.12. The Morgan fingerprint density at radius 2 is 1.80 bits per heavy atom. The molecule has 0 saturated carbocycles. The van der Waals surface area contributed by atoms with Crippen molar-refractivity contribution in [2.75, 3.05) is 0 Å². The van der Waals surface area contributed by atoms with Gasteiger partial charge >= 0.3 is 0 Å². The summed E-state index contributed by atoms with van der Waals surface area (Å²) in [5.41, 5.74) is 2.70. The van der Waals surface area contributed by atoms with E-state index in [2.05, 4.69) is 25.0 Å². The van der Waals surface area contributed by atoms with Crippen molar-refractivity contribution < 1.29 is 0 Å². The largest absolute Gasteiger partial charge is 0.241 e. The molecule has 0 saturated heterocycles. The maximum Gasteiger partial charge on any atom is 0.131 e. The van der Waals surface area contributed by atoms with Crippen molar-refractivity contribution >= 4 is 0 Å². The molecule has 2 heteroatoms. The molecule has 1 heterocycles. The summed E-state index contributed by atoms with van der Waals surface area (Å²) in [5.74, 6) is 1.45. The fraction of sp³-hybridized carbons (Fsp3) is 0.692. The van der Waals surface area contributed by atoms with Gasteiger partial charge in [-0.25, -0.2) is 9.97 Å². The first-order chi connectivity index (χ1) is 7.27. The van der Waals surface area contributed by atoms with Crippen LogP contribution in [0.3, 0.4) is 0 Å². The Labute approximate surface area is 92.1 Å². The van der Waals surface area contributed by atoms with E-state index in [4.69, 9.17) is 4.98 Å². The van der Waals surface area contributed by atoms with Crippen LogP contribution in [-0.4, -0.2) is 9.97 Å². The number of aryl methyl sites for hydroxylation is 2. The lowest BCUT2D eigenvalue weighted by Crippen LogP contribution is -2.07. The summed E-state index contributed by atoms with van der Waals surface area (Å²) >= 11 is 0. The van der Waals surface area contributed by atoms with Crippen LogP contribution < -0.4 is 0 Å². The molecule has 0 spiro atoms. The number of fused-ring (bicyclic) bond motifs is 1. The van der Waals surface area contributed by atoms with E-state index in [-0.39, 0.29) is 0 Å². The normalized spacial score (nSPS) is 17.0. The number of aromatic nitrogens is 2. The van der Waals surface area contributed by atoms with Crippen LogP contribution in [0.2, 0.25) is 0 Å². The number of hydrogen-bond acceptors (Lipinski definition) is 2. The van der Waals surface area contributed by atoms with Crippen LogP contribution in [0.5, 0.6) is 0 Å². The standard InChI is InChI=1S/C13H20N2/c1-10(2)13-14-9-11-7-5-3-4-6-8-12(11)15-13/h9-10H,3-8H2,1-2H3. The second-order valence-corrected chi connectivity index (χ2v) is 4.77. The molecule has 0 aromatic carbocycles. The van der Waals surface area contributed by atoms with Crippen LogP contribution in [0, 0.1) is 0 Å². The van der Waals surface area contributed by atoms with Crippen LogP contribution in [0.4, 0.5) is 0 Å². The van der Waals surface area contributed by atoms with Crippen LogP contribution >= 0.6 is 0 Å². The number of rotatable bonds is 1. The van der Waals surface area contributed by atoms with Crippen LogP contribution in [0.15, 0.2) is 6.20 Å². The van der Waals surface area contributed by atoms with Crippen molar-refractivity contribution in [3.05, 3.63) is 23.3 Å². The summed E-state index contributed by atoms with van der Waals surface area (Å²) in [5, 5.41) is 0. The van der Waals surface area contributed by atoms with E-state index < -0.39 is 0 Å². The SMILES string of the molecule is CC(C)c1ncc2c(n1)CCCCCC2. The van der Waals surface area contributed by atoms with Gasteiger partial charge in [0, 0.05) is 17.8 Å². The molecule has 2 nitrogen and oxygen atoms in total. The minimum absolute atomic E-state index is 0.445. The zero-order valence-corrected chi connectivity index (χ0v) is 9.79. The minimum atomic E-state index is 0.445. The van der Waals surface area contributed by atoms with Crippen molar-refractivity contribution in [3.8, 4) is 0 Å². The monoisotopic (exact) mass is 204 g/mol. The molecule has 15 heavy (non-hydrogen) atoms. The van der Waals surface area contributed by atoms with E-state index >= 15 is 0 Å². The lowest BCUT2D eigenvalue weighted by atomic mass is 9.98. The van der Waals surface area contributed by atoms with Gasteiger partial charge in [0.15, 0.2) is 0 Å². The van der Waals surface area contributed by atoms with Gasteiger partial charge in [0.05, 0.1) is 0 Å². The molecular formula is C13H20N2. The Hall–Kier alpha value is -0.920. The van der Waals surface area contributed by atoms with Crippen molar-refractivity contribution in [3.63, 3.8) is 0 Å². The highest BCUT2D eigenvalue weighted by atomic mass is 14.9. The first-order valence-electron chi connectivity index (χ1n) is 6.12. The van der Waals surface area contributed by atoms with Crippen molar-refractivity contribution in [1.29, 1.82) is 0 Å². The summed E-state index contributed by atoms with van der Waals surface area (Å²) in [7, 11) is 0. The molecule has 0 atom stereocenters. The van der Waals surface area contributed by atoms with Gasteiger partial charge in [-0.3, -0.25) is 0 Å². The van der Waals surface area contributed by atoms with E-state index in [0.717, 1.165) is 12.2 Å². The van der Waals surface area contributed by atoms with Gasteiger partial charge in [-0.2, -0.15) is 0 Å². The van der Waals surface area contributed by atoms with Gasteiger partial charge < -0.3 is 0 Å². The maximum atomic E-state index is 4.70. The lowest BCUT2D eigenvalue weighted by molar-refractivity contribution is 0.599. The molecule has 0 aliphatic heterocycles. The van der Waals surface area contributed by atoms with Crippen LogP contribution in [0.25, 0.3) is 0 Å². The maximum absolute atomic E-state index is 4.70. The molecule has 0 radical (unpaired) electrons. The third-order valence-electron chi connectivity index (χ3n) is 3.10. The molecular weight excluding hydrogens is 184 g/mol. The molecule has 82 valence electrons. The molecule has 0 N–H and O–H groups in total. The third-order valence-corrected chi connectivity index (χ3v) is 3.10. The second kappa shape index (κ2) is 4.73. The molecule has 0 fully saturated rings. The molecule has 1 aromatic rings. The fourth-order valence-corrected chi connectivity index (χ4v) is 2.12. The summed E-state index contributed by atoms with van der Waals surface area (Å²) in [4.78, 5) is 9.16. The van der Waals surface area contributed by atoms with Gasteiger partial charge in [0.1, 0.15) is 5.82 Å². The molecule has 0 amide bonds. The second-order valence-electron chi connectivity index (χ2n) is 4.77. The average Bonchev–Trinajstić information content (AvgIpc) is 2.18. The average molecular weight is 204 g/mol. The molecule has 1 aliphatic carbocycles. The number of nitrogens with zero attached hydrogens (tertiary/aromatic N) is 2. The Balaban J connectivity index is 2.27. The molecule has 1 aliphatic rings. The minimum Gasteiger partial charge on any atom is -0.241 e. The van der Waals surface area contributed by atoms with Crippen molar-refractivity contribution in [1.82, 2.24) is 9.97 Å². The Bertz CT molecular complexity index is 331. The van der Waals surface area contributed by atoms with Gasteiger partial charge in [0.25, 0.3) is 0 Å². The quantitative estimate of drug-likeness (QED) is 0.701. The summed E-state index contributed by atoms with van der Waals surface area (Å²) in [6, 6.07) is 0. The molecule has 2 rings (SSSR count). The van der Waals surface area contributed by atoms with Gasteiger partial charge in [0.2, 0.25) is 0 Å². The third kappa shape index (κ3) is 2.55. The summed E-state index contributed by atoms with van der Waals surface area (Å²) in [6.07, 6.45) is 9.71. The smallest absolute Gasteiger partial charge is 0.131 e. The molecule has 1 aromatic heterocycles. The predicted octanol–water partition coefficient (Wildman–Crippen LogP) is 3.26. The Morgan fingerprint density at radius 1 is 1.07 bits per heavy atom. The van der Waals surface area contributed by atoms with E-state index in [1.54, 1.807) is 0 Å². The molecule has 0 unspecified atom stereocenters. The van der Waals surface area contributed by atoms with E-state index in [0.29, 0.717) is 5.92 Å². The summed E-state index contributed by atoms with van der Waals surface area (Å²) < 4.78 is 0. The highest BCUT2D eigenvalue weighted by Crippen LogP contribution is 2.19. The summed E-state index contributed by atoms with van der Waals surface area (Å²) in [6.45, 7) is 4.31. The zero-order chi connectivity index (χ0) is 10.7. The highest BCUT2D eigenvalue weighted by Gasteiger charge is 2.11. The highest BCUT2D eigenvalue weighted by molar-refractivity contribution is 5.19. The fourth-order valence-electron chi connectivity index (χ4n) is 2.12. The van der Waals surface area contributed by atoms with Crippen LogP contribution in [-0.2, 0) is 12.8 Å². The number of hydrogen-bond donors (Lipinski definition) is 0. The Kier molecular flexibility index (Phi) is 3.34. The Morgan fingerprint density at radius 3 is 2.53 bits per heavy atom. The van der Waals surface area contributed by atoms with E-state index in [1.165, 1.54) is 43.4 Å². The van der Waals surface area contributed by atoms with Gasteiger partial charge in [-0.1, -0.05) is 26.7 Å². The topological polar surface area (TPSA) is 25.8 Å². The van der Waals surface area contributed by atoms with Gasteiger partial charge in [-0.05, 0) is 31.2 Å². The van der Waals surface area contributed by atoms with Crippen molar-refractivity contribution in [2.24, 2.45) is 0 Å². The lowest BCUT2D eigenvalue weighted by Gasteiger charge is -2.14. The predicted molar refractivity (Wildman–Crippen MR) is 62.0 cm³/mol. The first kappa shape index (κ1) is 10.6. The molecule has 0 bridgehead atoms. The van der Waals surface area contributed by atoms with E-state index in [1.807, 2.05) is 0 Å². The van der Waals surface area contributed by atoms with Gasteiger partial charge in [-0.15, -0.1) is 0 Å².